The lowest BCUT2D eigenvalue weighted by Crippen LogP contribution is -2.48. The second-order valence-electron chi connectivity index (χ2n) is 6.02. The molecule has 0 N–H and O–H groups in total. The van der Waals surface area contributed by atoms with Crippen LogP contribution in [0.15, 0.2) is 47.4 Å². The normalized spacial score (nSPS) is 16.0. The molecular formula is C18H21FN2O3S. The SMILES string of the molecule is COc1cc(C)ccc1S(=O)(=O)N1CCN(c2ccc(F)cc2)CC1. The fourth-order valence-electron chi connectivity index (χ4n) is 2.97. The summed E-state index contributed by atoms with van der Waals surface area (Å²) in [6.45, 7) is 3.74. The number of nitrogens with zero attached hydrogens (tertiary/aromatic N) is 2. The zero-order chi connectivity index (χ0) is 18.0. The minimum absolute atomic E-state index is 0.191. The maximum absolute atomic E-state index is 13.0. The van der Waals surface area contributed by atoms with Crippen LogP contribution in [0.3, 0.4) is 0 Å². The first kappa shape index (κ1) is 17.7. The van der Waals surface area contributed by atoms with E-state index in [1.54, 1.807) is 30.3 Å². The number of methoxy groups -OCH3 is 1. The van der Waals surface area contributed by atoms with Crippen molar-refractivity contribution in [3.05, 3.63) is 53.8 Å². The highest BCUT2D eigenvalue weighted by atomic mass is 32.2. The maximum atomic E-state index is 13.0. The number of aryl methyl sites for hydroxylation is 1. The molecule has 0 atom stereocenters. The third kappa shape index (κ3) is 3.62. The Morgan fingerprint density at radius 1 is 1.00 bits per heavy atom. The third-order valence-electron chi connectivity index (χ3n) is 4.37. The summed E-state index contributed by atoms with van der Waals surface area (Å²) in [6.07, 6.45) is 0. The van der Waals surface area contributed by atoms with E-state index in [-0.39, 0.29) is 10.7 Å². The van der Waals surface area contributed by atoms with E-state index in [0.717, 1.165) is 11.3 Å². The van der Waals surface area contributed by atoms with Crippen molar-refractivity contribution >= 4 is 15.7 Å². The van der Waals surface area contributed by atoms with Gasteiger partial charge in [0.1, 0.15) is 16.5 Å². The molecule has 1 saturated heterocycles. The summed E-state index contributed by atoms with van der Waals surface area (Å²) in [5, 5.41) is 0. The molecule has 2 aromatic carbocycles. The fourth-order valence-corrected chi connectivity index (χ4v) is 4.52. The number of ether oxygens (including phenoxy) is 1. The molecule has 0 unspecified atom stereocenters. The van der Waals surface area contributed by atoms with Crippen LogP contribution in [0.25, 0.3) is 0 Å². The van der Waals surface area contributed by atoms with E-state index in [1.807, 2.05) is 6.92 Å². The number of halogens is 1. The Hall–Kier alpha value is -2.12. The number of rotatable bonds is 4. The molecule has 0 amide bonds. The van der Waals surface area contributed by atoms with Gasteiger partial charge < -0.3 is 9.64 Å². The van der Waals surface area contributed by atoms with Crippen molar-refractivity contribution in [2.24, 2.45) is 0 Å². The first-order valence-electron chi connectivity index (χ1n) is 8.07. The average Bonchev–Trinajstić information content (AvgIpc) is 2.62. The molecule has 3 rings (SSSR count). The Bertz CT molecular complexity index is 845. The highest BCUT2D eigenvalue weighted by Crippen LogP contribution is 2.29. The van der Waals surface area contributed by atoms with Gasteiger partial charge >= 0.3 is 0 Å². The minimum Gasteiger partial charge on any atom is -0.495 e. The number of anilines is 1. The topological polar surface area (TPSA) is 49.9 Å². The largest absolute Gasteiger partial charge is 0.495 e. The van der Waals surface area contributed by atoms with E-state index in [2.05, 4.69) is 4.90 Å². The quantitative estimate of drug-likeness (QED) is 0.837. The van der Waals surface area contributed by atoms with Crippen molar-refractivity contribution in [3.63, 3.8) is 0 Å². The molecule has 0 radical (unpaired) electrons. The molecular weight excluding hydrogens is 343 g/mol. The van der Waals surface area contributed by atoms with Crippen LogP contribution < -0.4 is 9.64 Å². The highest BCUT2D eigenvalue weighted by Gasteiger charge is 2.30. The molecule has 1 aliphatic rings. The minimum atomic E-state index is -3.61. The predicted octanol–water partition coefficient (Wildman–Crippen LogP) is 2.65. The number of benzene rings is 2. The lowest BCUT2D eigenvalue weighted by molar-refractivity contribution is 0.374. The van der Waals surface area contributed by atoms with Crippen LogP contribution in [0.5, 0.6) is 5.75 Å². The van der Waals surface area contributed by atoms with Crippen LogP contribution in [0.1, 0.15) is 5.56 Å². The summed E-state index contributed by atoms with van der Waals surface area (Å²) in [5.74, 6) is 0.0809. The van der Waals surface area contributed by atoms with Crippen LogP contribution in [0.2, 0.25) is 0 Å². The van der Waals surface area contributed by atoms with E-state index in [4.69, 9.17) is 4.74 Å². The molecule has 25 heavy (non-hydrogen) atoms. The average molecular weight is 364 g/mol. The monoisotopic (exact) mass is 364 g/mol. The molecule has 1 fully saturated rings. The van der Waals surface area contributed by atoms with Gasteiger partial charge in [0.2, 0.25) is 10.0 Å². The van der Waals surface area contributed by atoms with Crippen molar-refractivity contribution in [1.29, 1.82) is 0 Å². The Balaban J connectivity index is 1.77. The first-order valence-corrected chi connectivity index (χ1v) is 9.51. The van der Waals surface area contributed by atoms with E-state index >= 15 is 0 Å². The lowest BCUT2D eigenvalue weighted by Gasteiger charge is -2.35. The summed E-state index contributed by atoms with van der Waals surface area (Å²) in [6, 6.07) is 11.3. The second kappa shape index (κ2) is 7.01. The van der Waals surface area contributed by atoms with E-state index in [0.29, 0.717) is 31.9 Å². The molecule has 0 aromatic heterocycles. The zero-order valence-corrected chi connectivity index (χ0v) is 15.1. The summed E-state index contributed by atoms with van der Waals surface area (Å²) in [5.41, 5.74) is 1.84. The van der Waals surface area contributed by atoms with Crippen LogP contribution in [-0.2, 0) is 10.0 Å². The molecule has 0 bridgehead atoms. The van der Waals surface area contributed by atoms with Gasteiger partial charge in [0, 0.05) is 31.9 Å². The zero-order valence-electron chi connectivity index (χ0n) is 14.3. The van der Waals surface area contributed by atoms with Crippen LogP contribution in [0, 0.1) is 12.7 Å². The van der Waals surface area contributed by atoms with Gasteiger partial charge in [0.25, 0.3) is 0 Å². The molecule has 134 valence electrons. The Kier molecular flexibility index (Phi) is 4.96. The van der Waals surface area contributed by atoms with E-state index in [9.17, 15) is 12.8 Å². The van der Waals surface area contributed by atoms with Gasteiger partial charge in [0.05, 0.1) is 7.11 Å². The molecule has 0 aliphatic carbocycles. The summed E-state index contributed by atoms with van der Waals surface area (Å²) in [7, 11) is -2.14. The predicted molar refractivity (Wildman–Crippen MR) is 95.1 cm³/mol. The number of hydrogen-bond donors (Lipinski definition) is 0. The molecule has 0 saturated carbocycles. The molecule has 1 heterocycles. The molecule has 5 nitrogen and oxygen atoms in total. The number of sulfonamides is 1. The Labute approximate surface area is 147 Å². The van der Waals surface area contributed by atoms with Gasteiger partial charge in [-0.25, -0.2) is 12.8 Å². The van der Waals surface area contributed by atoms with Crippen molar-refractivity contribution in [1.82, 2.24) is 4.31 Å². The molecule has 1 aliphatic heterocycles. The Morgan fingerprint density at radius 2 is 1.64 bits per heavy atom. The highest BCUT2D eigenvalue weighted by molar-refractivity contribution is 7.89. The summed E-state index contributed by atoms with van der Waals surface area (Å²) >= 11 is 0. The van der Waals surface area contributed by atoms with E-state index < -0.39 is 10.0 Å². The van der Waals surface area contributed by atoms with Crippen LogP contribution in [-0.4, -0.2) is 46.0 Å². The Morgan fingerprint density at radius 3 is 2.24 bits per heavy atom. The summed E-state index contributed by atoms with van der Waals surface area (Å²) < 4.78 is 45.7. The molecule has 2 aromatic rings. The standard InChI is InChI=1S/C18H21FN2O3S/c1-14-3-8-18(17(13-14)24-2)25(22,23)21-11-9-20(10-12-21)16-6-4-15(19)5-7-16/h3-8,13H,9-12H2,1-2H3. The van der Waals surface area contributed by atoms with Crippen molar-refractivity contribution in [2.75, 3.05) is 38.2 Å². The van der Waals surface area contributed by atoms with Gasteiger partial charge in [0.15, 0.2) is 0 Å². The van der Waals surface area contributed by atoms with Crippen LogP contribution in [0.4, 0.5) is 10.1 Å². The molecule has 7 heteroatoms. The van der Waals surface area contributed by atoms with E-state index in [1.165, 1.54) is 23.5 Å². The van der Waals surface area contributed by atoms with Crippen molar-refractivity contribution in [2.45, 2.75) is 11.8 Å². The van der Waals surface area contributed by atoms with Gasteiger partial charge in [-0.05, 0) is 48.9 Å². The molecule has 0 spiro atoms. The maximum Gasteiger partial charge on any atom is 0.246 e. The second-order valence-corrected chi connectivity index (χ2v) is 7.93. The van der Waals surface area contributed by atoms with Crippen molar-refractivity contribution in [3.8, 4) is 5.75 Å². The number of hydrogen-bond acceptors (Lipinski definition) is 4. The van der Waals surface area contributed by atoms with Crippen LogP contribution >= 0.6 is 0 Å². The van der Waals surface area contributed by atoms with Gasteiger partial charge in [-0.1, -0.05) is 6.07 Å². The van der Waals surface area contributed by atoms with Gasteiger partial charge in [-0.2, -0.15) is 4.31 Å². The van der Waals surface area contributed by atoms with Gasteiger partial charge in [-0.3, -0.25) is 0 Å². The van der Waals surface area contributed by atoms with Crippen molar-refractivity contribution < 1.29 is 17.5 Å². The number of piperazine rings is 1. The fraction of sp³-hybridized carbons (Fsp3) is 0.333. The van der Waals surface area contributed by atoms with Gasteiger partial charge in [-0.15, -0.1) is 0 Å². The first-order chi connectivity index (χ1) is 11.9. The smallest absolute Gasteiger partial charge is 0.246 e. The third-order valence-corrected chi connectivity index (χ3v) is 6.31. The summed E-state index contributed by atoms with van der Waals surface area (Å²) in [4.78, 5) is 2.24. The lowest BCUT2D eigenvalue weighted by atomic mass is 10.2.